The standard InChI is InChI=1S/C17H26N2O/c1-12-6-4-5-7-15(12)19-16(20)17(2,3)13-8-10-14(18)11-9-13/h8-12,15H,4-7,18H2,1-3H3,(H,19,20). The van der Waals surface area contributed by atoms with Crippen molar-refractivity contribution in [2.75, 3.05) is 5.73 Å². The molecule has 1 amide bonds. The van der Waals surface area contributed by atoms with Gasteiger partial charge in [-0.3, -0.25) is 4.79 Å². The average molecular weight is 274 g/mol. The molecule has 2 unspecified atom stereocenters. The van der Waals surface area contributed by atoms with Gasteiger partial charge in [-0.05, 0) is 50.3 Å². The van der Waals surface area contributed by atoms with Crippen LogP contribution in [-0.2, 0) is 10.2 Å². The predicted octanol–water partition coefficient (Wildman–Crippen LogP) is 3.24. The molecule has 0 spiro atoms. The molecule has 1 aromatic rings. The van der Waals surface area contributed by atoms with Crippen LogP contribution in [0.25, 0.3) is 0 Å². The maximum Gasteiger partial charge on any atom is 0.230 e. The van der Waals surface area contributed by atoms with Crippen molar-refractivity contribution in [1.82, 2.24) is 5.32 Å². The molecule has 110 valence electrons. The normalized spacial score (nSPS) is 23.4. The monoisotopic (exact) mass is 274 g/mol. The summed E-state index contributed by atoms with van der Waals surface area (Å²) < 4.78 is 0. The Morgan fingerprint density at radius 2 is 1.80 bits per heavy atom. The van der Waals surface area contributed by atoms with Crippen LogP contribution in [0.5, 0.6) is 0 Å². The van der Waals surface area contributed by atoms with E-state index in [1.165, 1.54) is 19.3 Å². The molecule has 0 bridgehead atoms. The van der Waals surface area contributed by atoms with E-state index in [-0.39, 0.29) is 5.91 Å². The van der Waals surface area contributed by atoms with Gasteiger partial charge >= 0.3 is 0 Å². The molecule has 1 fully saturated rings. The van der Waals surface area contributed by atoms with E-state index in [1.807, 2.05) is 38.1 Å². The van der Waals surface area contributed by atoms with Gasteiger partial charge in [0.2, 0.25) is 5.91 Å². The lowest BCUT2D eigenvalue weighted by molar-refractivity contribution is -0.127. The Hall–Kier alpha value is -1.51. The number of nitrogens with one attached hydrogen (secondary N) is 1. The van der Waals surface area contributed by atoms with E-state index in [9.17, 15) is 4.79 Å². The van der Waals surface area contributed by atoms with E-state index >= 15 is 0 Å². The molecular weight excluding hydrogens is 248 g/mol. The summed E-state index contributed by atoms with van der Waals surface area (Å²) in [4.78, 5) is 12.6. The van der Waals surface area contributed by atoms with E-state index in [0.29, 0.717) is 12.0 Å². The highest BCUT2D eigenvalue weighted by Gasteiger charge is 2.33. The summed E-state index contributed by atoms with van der Waals surface area (Å²) >= 11 is 0. The molecule has 0 heterocycles. The van der Waals surface area contributed by atoms with Crippen LogP contribution < -0.4 is 11.1 Å². The maximum absolute atomic E-state index is 12.6. The van der Waals surface area contributed by atoms with Crippen LogP contribution in [0.15, 0.2) is 24.3 Å². The minimum Gasteiger partial charge on any atom is -0.399 e. The van der Waals surface area contributed by atoms with Crippen LogP contribution >= 0.6 is 0 Å². The first-order valence-corrected chi connectivity index (χ1v) is 7.58. The molecule has 1 aromatic carbocycles. The van der Waals surface area contributed by atoms with Gasteiger partial charge in [0, 0.05) is 11.7 Å². The van der Waals surface area contributed by atoms with Crippen molar-refractivity contribution in [2.24, 2.45) is 5.92 Å². The Morgan fingerprint density at radius 1 is 1.20 bits per heavy atom. The van der Waals surface area contributed by atoms with E-state index < -0.39 is 5.41 Å². The molecule has 0 radical (unpaired) electrons. The van der Waals surface area contributed by atoms with Crippen molar-refractivity contribution in [3.63, 3.8) is 0 Å². The van der Waals surface area contributed by atoms with Crippen molar-refractivity contribution in [2.45, 2.75) is 57.9 Å². The maximum atomic E-state index is 12.6. The summed E-state index contributed by atoms with van der Waals surface area (Å²) in [5.41, 5.74) is 6.92. The van der Waals surface area contributed by atoms with Gasteiger partial charge in [0.1, 0.15) is 0 Å². The zero-order valence-corrected chi connectivity index (χ0v) is 12.8. The fourth-order valence-corrected chi connectivity index (χ4v) is 2.91. The average Bonchev–Trinajstić information content (AvgIpc) is 2.41. The van der Waals surface area contributed by atoms with Gasteiger partial charge in [-0.25, -0.2) is 0 Å². The third-order valence-electron chi connectivity index (χ3n) is 4.63. The predicted molar refractivity (Wildman–Crippen MR) is 83.4 cm³/mol. The van der Waals surface area contributed by atoms with E-state index in [1.54, 1.807) is 0 Å². The summed E-state index contributed by atoms with van der Waals surface area (Å²) in [5, 5.41) is 3.25. The van der Waals surface area contributed by atoms with Gasteiger partial charge < -0.3 is 11.1 Å². The van der Waals surface area contributed by atoms with Crippen LogP contribution in [0.1, 0.15) is 52.0 Å². The number of carbonyl (C=O) groups excluding carboxylic acids is 1. The second-order valence-electron chi connectivity index (χ2n) is 6.59. The van der Waals surface area contributed by atoms with Gasteiger partial charge in [-0.2, -0.15) is 0 Å². The van der Waals surface area contributed by atoms with Crippen molar-refractivity contribution in [3.8, 4) is 0 Å². The SMILES string of the molecule is CC1CCCCC1NC(=O)C(C)(C)c1ccc(N)cc1. The topological polar surface area (TPSA) is 55.1 Å². The minimum atomic E-state index is -0.523. The Labute approximate surface area is 121 Å². The van der Waals surface area contributed by atoms with Gasteiger partial charge in [0.25, 0.3) is 0 Å². The molecule has 2 rings (SSSR count). The number of benzene rings is 1. The van der Waals surface area contributed by atoms with Crippen molar-refractivity contribution in [1.29, 1.82) is 0 Å². The van der Waals surface area contributed by atoms with Gasteiger partial charge in [-0.1, -0.05) is 31.9 Å². The van der Waals surface area contributed by atoms with Gasteiger partial charge in [-0.15, -0.1) is 0 Å². The lowest BCUT2D eigenvalue weighted by Crippen LogP contribution is -2.48. The summed E-state index contributed by atoms with van der Waals surface area (Å²) in [7, 11) is 0. The highest BCUT2D eigenvalue weighted by atomic mass is 16.2. The summed E-state index contributed by atoms with van der Waals surface area (Å²) in [5.74, 6) is 0.691. The molecule has 0 aliphatic heterocycles. The minimum absolute atomic E-state index is 0.112. The zero-order chi connectivity index (χ0) is 14.8. The van der Waals surface area contributed by atoms with Crippen molar-refractivity contribution < 1.29 is 4.79 Å². The molecular formula is C17H26N2O. The number of amides is 1. The number of nitrogen functional groups attached to an aromatic ring is 1. The number of carbonyl (C=O) groups is 1. The van der Waals surface area contributed by atoms with E-state index in [4.69, 9.17) is 5.73 Å². The van der Waals surface area contributed by atoms with E-state index in [2.05, 4.69) is 12.2 Å². The Balaban J connectivity index is 2.08. The molecule has 2 atom stereocenters. The second-order valence-corrected chi connectivity index (χ2v) is 6.59. The number of hydrogen-bond acceptors (Lipinski definition) is 2. The molecule has 1 saturated carbocycles. The molecule has 20 heavy (non-hydrogen) atoms. The van der Waals surface area contributed by atoms with Crippen molar-refractivity contribution in [3.05, 3.63) is 29.8 Å². The third-order valence-corrected chi connectivity index (χ3v) is 4.63. The number of rotatable bonds is 3. The molecule has 1 aliphatic rings. The number of nitrogens with two attached hydrogens (primary N) is 1. The van der Waals surface area contributed by atoms with Gasteiger partial charge in [0.05, 0.1) is 5.41 Å². The van der Waals surface area contributed by atoms with Gasteiger partial charge in [0.15, 0.2) is 0 Å². The number of hydrogen-bond donors (Lipinski definition) is 2. The highest BCUT2D eigenvalue weighted by Crippen LogP contribution is 2.28. The van der Waals surface area contributed by atoms with Crippen LogP contribution in [0.2, 0.25) is 0 Å². The lowest BCUT2D eigenvalue weighted by Gasteiger charge is -2.33. The lowest BCUT2D eigenvalue weighted by atomic mass is 9.81. The Bertz CT molecular complexity index is 464. The van der Waals surface area contributed by atoms with Crippen molar-refractivity contribution >= 4 is 11.6 Å². The summed E-state index contributed by atoms with van der Waals surface area (Å²) in [6, 6.07) is 7.92. The van der Waals surface area contributed by atoms with Crippen LogP contribution in [0, 0.1) is 5.92 Å². The highest BCUT2D eigenvalue weighted by molar-refractivity contribution is 5.87. The molecule has 1 aliphatic carbocycles. The molecule has 3 N–H and O–H groups in total. The van der Waals surface area contributed by atoms with Crippen LogP contribution in [-0.4, -0.2) is 11.9 Å². The first-order chi connectivity index (χ1) is 9.41. The second kappa shape index (κ2) is 5.86. The van der Waals surface area contributed by atoms with Crippen LogP contribution in [0.4, 0.5) is 5.69 Å². The molecule has 0 aromatic heterocycles. The summed E-state index contributed by atoms with van der Waals surface area (Å²) in [6.45, 7) is 6.18. The Kier molecular flexibility index (Phi) is 4.36. The van der Waals surface area contributed by atoms with Crippen LogP contribution in [0.3, 0.4) is 0 Å². The third kappa shape index (κ3) is 3.14. The zero-order valence-electron chi connectivity index (χ0n) is 12.8. The fourth-order valence-electron chi connectivity index (χ4n) is 2.91. The quantitative estimate of drug-likeness (QED) is 0.831. The van der Waals surface area contributed by atoms with E-state index in [0.717, 1.165) is 17.7 Å². The largest absolute Gasteiger partial charge is 0.399 e. The Morgan fingerprint density at radius 3 is 2.40 bits per heavy atom. The molecule has 0 saturated heterocycles. The first kappa shape index (κ1) is 14.9. The summed E-state index contributed by atoms with van der Waals surface area (Å²) in [6.07, 6.45) is 4.82. The smallest absolute Gasteiger partial charge is 0.230 e. The molecule has 3 heteroatoms. The fraction of sp³-hybridized carbons (Fsp3) is 0.588. The number of anilines is 1. The first-order valence-electron chi connectivity index (χ1n) is 7.58. The molecule has 3 nitrogen and oxygen atoms in total.